The second-order valence-electron chi connectivity index (χ2n) is 5.75. The zero-order valence-electron chi connectivity index (χ0n) is 12.2. The summed E-state index contributed by atoms with van der Waals surface area (Å²) in [6, 6.07) is 5.92. The van der Waals surface area contributed by atoms with Crippen LogP contribution in [-0.4, -0.2) is 30.3 Å². The molecule has 1 aliphatic carbocycles. The van der Waals surface area contributed by atoms with Crippen molar-refractivity contribution in [2.45, 2.75) is 39.2 Å². The van der Waals surface area contributed by atoms with Crippen LogP contribution in [0.2, 0.25) is 0 Å². The summed E-state index contributed by atoms with van der Waals surface area (Å²) >= 11 is 0. The summed E-state index contributed by atoms with van der Waals surface area (Å²) in [6.07, 6.45) is 2.43. The predicted octanol–water partition coefficient (Wildman–Crippen LogP) is 1.96. The molecular weight excluding hydrogens is 254 g/mol. The van der Waals surface area contributed by atoms with Crippen LogP contribution in [0, 0.1) is 19.8 Å². The van der Waals surface area contributed by atoms with Crippen molar-refractivity contribution in [1.29, 1.82) is 0 Å². The first-order chi connectivity index (χ1) is 9.52. The lowest BCUT2D eigenvalue weighted by atomic mass is 10.1. The van der Waals surface area contributed by atoms with Gasteiger partial charge in [-0.3, -0.25) is 4.79 Å². The van der Waals surface area contributed by atoms with Gasteiger partial charge in [-0.05, 0) is 62.3 Å². The third kappa shape index (κ3) is 4.53. The van der Waals surface area contributed by atoms with Crippen LogP contribution in [0.5, 0.6) is 5.75 Å². The molecule has 2 atom stereocenters. The van der Waals surface area contributed by atoms with Gasteiger partial charge in [-0.2, -0.15) is 0 Å². The topological polar surface area (TPSA) is 58.6 Å². The van der Waals surface area contributed by atoms with Gasteiger partial charge in [0, 0.05) is 6.54 Å². The molecule has 110 valence electrons. The number of carbonyl (C=O) groups is 1. The molecule has 0 saturated heterocycles. The Balaban J connectivity index is 1.72. The van der Waals surface area contributed by atoms with Crippen molar-refractivity contribution in [3.05, 3.63) is 29.3 Å². The average Bonchev–Trinajstić information content (AvgIpc) is 2.79. The Morgan fingerprint density at radius 1 is 1.30 bits per heavy atom. The number of ether oxygens (including phenoxy) is 1. The second-order valence-corrected chi connectivity index (χ2v) is 5.75. The molecule has 4 heteroatoms. The van der Waals surface area contributed by atoms with Crippen molar-refractivity contribution in [1.82, 2.24) is 5.32 Å². The van der Waals surface area contributed by atoms with Crippen molar-refractivity contribution in [2.24, 2.45) is 5.92 Å². The van der Waals surface area contributed by atoms with Gasteiger partial charge in [-0.15, -0.1) is 0 Å². The molecule has 4 nitrogen and oxygen atoms in total. The molecule has 2 rings (SSSR count). The molecule has 0 aromatic heterocycles. The van der Waals surface area contributed by atoms with Crippen LogP contribution < -0.4 is 10.1 Å². The smallest absolute Gasteiger partial charge is 0.257 e. The lowest BCUT2D eigenvalue weighted by molar-refractivity contribution is -0.123. The number of hydrogen-bond acceptors (Lipinski definition) is 3. The van der Waals surface area contributed by atoms with Crippen molar-refractivity contribution in [3.8, 4) is 5.75 Å². The van der Waals surface area contributed by atoms with E-state index in [0.717, 1.165) is 36.1 Å². The van der Waals surface area contributed by atoms with Gasteiger partial charge in [0.1, 0.15) is 5.75 Å². The quantitative estimate of drug-likeness (QED) is 0.865. The predicted molar refractivity (Wildman–Crippen MR) is 77.8 cm³/mol. The minimum absolute atomic E-state index is 0.0398. The molecule has 0 radical (unpaired) electrons. The zero-order chi connectivity index (χ0) is 14.5. The Morgan fingerprint density at radius 3 is 2.60 bits per heavy atom. The summed E-state index contributed by atoms with van der Waals surface area (Å²) < 4.78 is 5.50. The summed E-state index contributed by atoms with van der Waals surface area (Å²) in [6.45, 7) is 4.68. The molecule has 1 fully saturated rings. The van der Waals surface area contributed by atoms with Crippen LogP contribution in [0.4, 0.5) is 0 Å². The highest BCUT2D eigenvalue weighted by atomic mass is 16.5. The maximum absolute atomic E-state index is 11.7. The number of amides is 1. The molecule has 1 aromatic rings. The maximum atomic E-state index is 11.7. The van der Waals surface area contributed by atoms with E-state index in [2.05, 4.69) is 11.4 Å². The van der Waals surface area contributed by atoms with E-state index in [1.165, 1.54) is 0 Å². The van der Waals surface area contributed by atoms with Crippen molar-refractivity contribution in [3.63, 3.8) is 0 Å². The minimum atomic E-state index is -0.191. The summed E-state index contributed by atoms with van der Waals surface area (Å²) in [7, 11) is 0. The minimum Gasteiger partial charge on any atom is -0.484 e. The summed E-state index contributed by atoms with van der Waals surface area (Å²) in [5.74, 6) is 1.02. The SMILES string of the molecule is Cc1cc(C)cc(OCC(=O)NCC2CCC(O)C2)c1. The van der Waals surface area contributed by atoms with Crippen LogP contribution in [0.3, 0.4) is 0 Å². The van der Waals surface area contributed by atoms with Gasteiger partial charge in [-0.1, -0.05) is 6.07 Å². The van der Waals surface area contributed by atoms with E-state index < -0.39 is 0 Å². The number of nitrogens with one attached hydrogen (secondary N) is 1. The third-order valence-electron chi connectivity index (χ3n) is 3.67. The maximum Gasteiger partial charge on any atom is 0.257 e. The van der Waals surface area contributed by atoms with E-state index in [1.807, 2.05) is 26.0 Å². The Kier molecular flexibility index (Phi) is 5.01. The first kappa shape index (κ1) is 14.9. The number of aryl methyl sites for hydroxylation is 2. The molecule has 2 N–H and O–H groups in total. The van der Waals surface area contributed by atoms with Crippen LogP contribution in [0.25, 0.3) is 0 Å². The van der Waals surface area contributed by atoms with Crippen molar-refractivity contribution < 1.29 is 14.6 Å². The van der Waals surface area contributed by atoms with Crippen LogP contribution in [0.15, 0.2) is 18.2 Å². The standard InChI is InChI=1S/C16H23NO3/c1-11-5-12(2)7-15(6-11)20-10-16(19)17-9-13-3-4-14(18)8-13/h5-7,13-14,18H,3-4,8-10H2,1-2H3,(H,17,19). The Labute approximate surface area is 120 Å². The van der Waals surface area contributed by atoms with E-state index >= 15 is 0 Å². The first-order valence-electron chi connectivity index (χ1n) is 7.19. The fraction of sp³-hybridized carbons (Fsp3) is 0.562. The number of aliphatic hydroxyl groups excluding tert-OH is 1. The number of benzene rings is 1. The highest BCUT2D eigenvalue weighted by Crippen LogP contribution is 2.24. The van der Waals surface area contributed by atoms with E-state index in [1.54, 1.807) is 0 Å². The monoisotopic (exact) mass is 277 g/mol. The van der Waals surface area contributed by atoms with E-state index in [0.29, 0.717) is 12.5 Å². The molecule has 1 saturated carbocycles. The third-order valence-corrected chi connectivity index (χ3v) is 3.67. The van der Waals surface area contributed by atoms with E-state index in [-0.39, 0.29) is 18.6 Å². The van der Waals surface area contributed by atoms with Crippen molar-refractivity contribution in [2.75, 3.05) is 13.2 Å². The van der Waals surface area contributed by atoms with Gasteiger partial charge in [0.2, 0.25) is 0 Å². The number of carbonyl (C=O) groups excluding carboxylic acids is 1. The number of aliphatic hydroxyl groups is 1. The molecule has 1 aromatic carbocycles. The van der Waals surface area contributed by atoms with Gasteiger partial charge >= 0.3 is 0 Å². The molecule has 0 heterocycles. The van der Waals surface area contributed by atoms with Gasteiger partial charge in [0.25, 0.3) is 5.91 Å². The molecule has 2 unspecified atom stereocenters. The molecule has 1 aliphatic rings. The molecule has 0 spiro atoms. The van der Waals surface area contributed by atoms with Crippen molar-refractivity contribution >= 4 is 5.91 Å². The zero-order valence-corrected chi connectivity index (χ0v) is 12.2. The molecule has 0 aliphatic heterocycles. The summed E-state index contributed by atoms with van der Waals surface area (Å²) in [5, 5.41) is 12.3. The first-order valence-corrected chi connectivity index (χ1v) is 7.19. The number of hydrogen-bond donors (Lipinski definition) is 2. The fourth-order valence-corrected chi connectivity index (χ4v) is 2.71. The van der Waals surface area contributed by atoms with E-state index in [9.17, 15) is 9.90 Å². The second kappa shape index (κ2) is 6.75. The molecular formula is C16H23NO3. The lowest BCUT2D eigenvalue weighted by Gasteiger charge is -2.12. The lowest BCUT2D eigenvalue weighted by Crippen LogP contribution is -2.32. The Bertz CT molecular complexity index is 453. The fourth-order valence-electron chi connectivity index (χ4n) is 2.71. The Hall–Kier alpha value is -1.55. The van der Waals surface area contributed by atoms with Gasteiger partial charge < -0.3 is 15.2 Å². The van der Waals surface area contributed by atoms with Gasteiger partial charge in [-0.25, -0.2) is 0 Å². The largest absolute Gasteiger partial charge is 0.484 e. The van der Waals surface area contributed by atoms with Gasteiger partial charge in [0.05, 0.1) is 6.10 Å². The summed E-state index contributed by atoms with van der Waals surface area (Å²) in [5.41, 5.74) is 2.25. The van der Waals surface area contributed by atoms with E-state index in [4.69, 9.17) is 4.74 Å². The van der Waals surface area contributed by atoms with Crippen LogP contribution in [0.1, 0.15) is 30.4 Å². The highest BCUT2D eigenvalue weighted by Gasteiger charge is 2.22. The van der Waals surface area contributed by atoms with Gasteiger partial charge in [0.15, 0.2) is 6.61 Å². The molecule has 1 amide bonds. The average molecular weight is 277 g/mol. The highest BCUT2D eigenvalue weighted by molar-refractivity contribution is 5.77. The molecule has 0 bridgehead atoms. The Morgan fingerprint density at radius 2 is 2.00 bits per heavy atom. The summed E-state index contributed by atoms with van der Waals surface area (Å²) in [4.78, 5) is 11.7. The normalized spacial score (nSPS) is 21.8. The number of rotatable bonds is 5. The molecule has 20 heavy (non-hydrogen) atoms. The van der Waals surface area contributed by atoms with Crippen LogP contribution >= 0.6 is 0 Å². The van der Waals surface area contributed by atoms with Crippen LogP contribution in [-0.2, 0) is 4.79 Å².